The molecule has 0 saturated heterocycles. The summed E-state index contributed by atoms with van der Waals surface area (Å²) in [6.07, 6.45) is 0. The molecule has 2 aromatic rings. The minimum absolute atomic E-state index is 0.00996. The Morgan fingerprint density at radius 2 is 1.90 bits per heavy atom. The standard InChI is InChI=1S/C13H8Cl2N2O3/c14-9-3-1-2-8(6-9)13(18)16-10-4-5-11(15)12(7-10)17(19)20/h1-7H,(H,16,18). The Kier molecular flexibility index (Phi) is 4.22. The van der Waals surface area contributed by atoms with Gasteiger partial charge in [0, 0.05) is 22.3 Å². The van der Waals surface area contributed by atoms with Gasteiger partial charge in [-0.2, -0.15) is 0 Å². The predicted molar refractivity (Wildman–Crippen MR) is 77.5 cm³/mol. The molecule has 0 fully saturated rings. The van der Waals surface area contributed by atoms with E-state index in [0.29, 0.717) is 10.6 Å². The lowest BCUT2D eigenvalue weighted by atomic mass is 10.2. The Labute approximate surface area is 124 Å². The fourth-order valence-electron chi connectivity index (χ4n) is 1.56. The van der Waals surface area contributed by atoms with E-state index in [2.05, 4.69) is 5.32 Å². The van der Waals surface area contributed by atoms with Crippen LogP contribution in [0.5, 0.6) is 0 Å². The largest absolute Gasteiger partial charge is 0.322 e. The molecule has 0 aromatic heterocycles. The number of nitrogens with one attached hydrogen (secondary N) is 1. The molecule has 0 aliphatic rings. The van der Waals surface area contributed by atoms with Gasteiger partial charge >= 0.3 is 0 Å². The van der Waals surface area contributed by atoms with E-state index in [4.69, 9.17) is 23.2 Å². The summed E-state index contributed by atoms with van der Waals surface area (Å²) in [5.41, 5.74) is 0.372. The minimum atomic E-state index is -0.614. The van der Waals surface area contributed by atoms with Crippen molar-refractivity contribution in [2.45, 2.75) is 0 Å². The van der Waals surface area contributed by atoms with Crippen LogP contribution in [0.4, 0.5) is 11.4 Å². The Balaban J connectivity index is 2.24. The quantitative estimate of drug-likeness (QED) is 0.683. The Hall–Kier alpha value is -2.11. The fourth-order valence-corrected chi connectivity index (χ4v) is 1.94. The first-order valence-electron chi connectivity index (χ1n) is 5.48. The first-order valence-corrected chi connectivity index (χ1v) is 6.24. The second kappa shape index (κ2) is 5.90. The van der Waals surface area contributed by atoms with Crippen LogP contribution in [-0.2, 0) is 0 Å². The molecule has 5 nitrogen and oxygen atoms in total. The van der Waals surface area contributed by atoms with Gasteiger partial charge < -0.3 is 5.32 Å². The first-order chi connectivity index (χ1) is 9.47. The zero-order chi connectivity index (χ0) is 14.7. The number of rotatable bonds is 3. The molecule has 0 atom stereocenters. The van der Waals surface area contributed by atoms with E-state index in [-0.39, 0.29) is 16.4 Å². The van der Waals surface area contributed by atoms with Gasteiger partial charge in [0.2, 0.25) is 0 Å². The zero-order valence-electron chi connectivity index (χ0n) is 9.97. The minimum Gasteiger partial charge on any atom is -0.322 e. The van der Waals surface area contributed by atoms with Crippen molar-refractivity contribution in [3.05, 3.63) is 68.2 Å². The third-order valence-corrected chi connectivity index (χ3v) is 3.04. The van der Waals surface area contributed by atoms with Gasteiger partial charge in [-0.05, 0) is 30.3 Å². The molecule has 0 heterocycles. The third-order valence-electron chi connectivity index (χ3n) is 2.49. The summed E-state index contributed by atoms with van der Waals surface area (Å²) in [5.74, 6) is -0.413. The average Bonchev–Trinajstić information content (AvgIpc) is 2.40. The van der Waals surface area contributed by atoms with Gasteiger partial charge in [-0.1, -0.05) is 29.3 Å². The summed E-state index contributed by atoms with van der Waals surface area (Å²) in [6, 6.07) is 10.4. The van der Waals surface area contributed by atoms with Crippen LogP contribution in [0.1, 0.15) is 10.4 Å². The number of hydrogen-bond donors (Lipinski definition) is 1. The summed E-state index contributed by atoms with van der Waals surface area (Å²) < 4.78 is 0. The van der Waals surface area contributed by atoms with Crippen LogP contribution in [0.2, 0.25) is 10.0 Å². The topological polar surface area (TPSA) is 72.2 Å². The van der Waals surface area contributed by atoms with Crippen LogP contribution in [-0.4, -0.2) is 10.8 Å². The van der Waals surface area contributed by atoms with Crippen LogP contribution in [0, 0.1) is 10.1 Å². The highest BCUT2D eigenvalue weighted by molar-refractivity contribution is 6.32. The van der Waals surface area contributed by atoms with Crippen LogP contribution >= 0.6 is 23.2 Å². The highest BCUT2D eigenvalue weighted by atomic mass is 35.5. The van der Waals surface area contributed by atoms with E-state index in [0.717, 1.165) is 0 Å². The van der Waals surface area contributed by atoms with Crippen LogP contribution in [0.15, 0.2) is 42.5 Å². The maximum absolute atomic E-state index is 12.0. The fraction of sp³-hybridized carbons (Fsp3) is 0. The van der Waals surface area contributed by atoms with Crippen molar-refractivity contribution in [2.24, 2.45) is 0 Å². The molecule has 0 bridgehead atoms. The molecule has 20 heavy (non-hydrogen) atoms. The van der Waals surface area contributed by atoms with Crippen molar-refractivity contribution in [1.29, 1.82) is 0 Å². The molecule has 1 amide bonds. The number of anilines is 1. The van der Waals surface area contributed by atoms with Gasteiger partial charge in [-0.3, -0.25) is 14.9 Å². The monoisotopic (exact) mass is 310 g/mol. The van der Waals surface area contributed by atoms with Crippen molar-refractivity contribution >= 4 is 40.5 Å². The van der Waals surface area contributed by atoms with Crippen molar-refractivity contribution in [3.8, 4) is 0 Å². The third kappa shape index (κ3) is 3.26. The Bertz CT molecular complexity index is 689. The number of amides is 1. The molecule has 0 saturated carbocycles. The second-order valence-electron chi connectivity index (χ2n) is 3.89. The van der Waals surface area contributed by atoms with E-state index in [1.165, 1.54) is 24.3 Å². The number of hydrogen-bond acceptors (Lipinski definition) is 3. The maximum atomic E-state index is 12.0. The Morgan fingerprint density at radius 1 is 1.15 bits per heavy atom. The SMILES string of the molecule is O=C(Nc1ccc(Cl)c([N+](=O)[O-])c1)c1cccc(Cl)c1. The lowest BCUT2D eigenvalue weighted by Crippen LogP contribution is -2.11. The second-order valence-corrected chi connectivity index (χ2v) is 4.73. The normalized spacial score (nSPS) is 10.1. The number of carbonyl (C=O) groups excluding carboxylic acids is 1. The summed E-state index contributed by atoms with van der Waals surface area (Å²) >= 11 is 11.5. The molecule has 2 rings (SSSR count). The lowest BCUT2D eigenvalue weighted by molar-refractivity contribution is -0.384. The molecule has 102 valence electrons. The molecule has 7 heteroatoms. The molecule has 0 radical (unpaired) electrons. The van der Waals surface area contributed by atoms with Crippen molar-refractivity contribution in [1.82, 2.24) is 0 Å². The van der Waals surface area contributed by atoms with E-state index < -0.39 is 10.8 Å². The maximum Gasteiger partial charge on any atom is 0.289 e. The van der Waals surface area contributed by atoms with E-state index >= 15 is 0 Å². The van der Waals surface area contributed by atoms with Gasteiger partial charge in [0.05, 0.1) is 4.92 Å². The van der Waals surface area contributed by atoms with Gasteiger partial charge in [-0.15, -0.1) is 0 Å². The molecule has 0 aliphatic carbocycles. The van der Waals surface area contributed by atoms with Gasteiger partial charge in [0.15, 0.2) is 0 Å². The highest BCUT2D eigenvalue weighted by Gasteiger charge is 2.14. The molecule has 0 spiro atoms. The Morgan fingerprint density at radius 3 is 2.55 bits per heavy atom. The van der Waals surface area contributed by atoms with E-state index in [1.54, 1.807) is 18.2 Å². The summed E-state index contributed by atoms with van der Waals surface area (Å²) in [5, 5.41) is 13.8. The number of nitro groups is 1. The van der Waals surface area contributed by atoms with Crippen molar-refractivity contribution in [3.63, 3.8) is 0 Å². The van der Waals surface area contributed by atoms with Crippen molar-refractivity contribution < 1.29 is 9.72 Å². The smallest absolute Gasteiger partial charge is 0.289 e. The molecule has 0 aliphatic heterocycles. The molecule has 0 unspecified atom stereocenters. The van der Waals surface area contributed by atoms with Gasteiger partial charge in [0.25, 0.3) is 11.6 Å². The van der Waals surface area contributed by atoms with Gasteiger partial charge in [0.1, 0.15) is 5.02 Å². The zero-order valence-corrected chi connectivity index (χ0v) is 11.5. The molecular weight excluding hydrogens is 303 g/mol. The number of nitrogens with zero attached hydrogens (tertiary/aromatic N) is 1. The molecule has 2 aromatic carbocycles. The molecular formula is C13H8Cl2N2O3. The predicted octanol–water partition coefficient (Wildman–Crippen LogP) is 4.15. The first kappa shape index (κ1) is 14.3. The van der Waals surface area contributed by atoms with E-state index in [1.807, 2.05) is 0 Å². The van der Waals surface area contributed by atoms with Crippen LogP contribution < -0.4 is 5.32 Å². The van der Waals surface area contributed by atoms with Crippen molar-refractivity contribution in [2.75, 3.05) is 5.32 Å². The number of halogens is 2. The number of carbonyl (C=O) groups is 1. The average molecular weight is 311 g/mol. The summed E-state index contributed by atoms with van der Waals surface area (Å²) in [6.45, 7) is 0. The van der Waals surface area contributed by atoms with Crippen LogP contribution in [0.3, 0.4) is 0 Å². The summed E-state index contributed by atoms with van der Waals surface area (Å²) in [7, 11) is 0. The van der Waals surface area contributed by atoms with Crippen LogP contribution in [0.25, 0.3) is 0 Å². The van der Waals surface area contributed by atoms with Gasteiger partial charge in [-0.25, -0.2) is 0 Å². The molecule has 1 N–H and O–H groups in total. The highest BCUT2D eigenvalue weighted by Crippen LogP contribution is 2.27. The number of nitro benzene ring substituents is 1. The lowest BCUT2D eigenvalue weighted by Gasteiger charge is -2.06. The number of benzene rings is 2. The van der Waals surface area contributed by atoms with E-state index in [9.17, 15) is 14.9 Å². The summed E-state index contributed by atoms with van der Waals surface area (Å²) in [4.78, 5) is 22.1.